The molecule has 118 valence electrons. The highest BCUT2D eigenvalue weighted by molar-refractivity contribution is 6.31. The highest BCUT2D eigenvalue weighted by Crippen LogP contribution is 2.30. The fourth-order valence-electron chi connectivity index (χ4n) is 1.93. The first-order valence-electron chi connectivity index (χ1n) is 6.91. The SMILES string of the molecule is COCC(=O)Nc1ccc(Cl)cc1-c1nc(CC(C)C)no1. The van der Waals surface area contributed by atoms with Gasteiger partial charge in [0.1, 0.15) is 6.61 Å². The Labute approximate surface area is 133 Å². The lowest BCUT2D eigenvalue weighted by molar-refractivity contribution is -0.119. The molecule has 1 aromatic carbocycles. The Morgan fingerprint density at radius 2 is 2.23 bits per heavy atom. The van der Waals surface area contributed by atoms with Gasteiger partial charge in [-0.2, -0.15) is 4.98 Å². The molecular weight excluding hydrogens is 306 g/mol. The molecule has 0 aliphatic heterocycles. The van der Waals surface area contributed by atoms with Gasteiger partial charge in [-0.05, 0) is 24.1 Å². The molecule has 0 saturated heterocycles. The normalized spacial score (nSPS) is 11.0. The molecule has 0 atom stereocenters. The van der Waals surface area contributed by atoms with E-state index in [0.29, 0.717) is 33.9 Å². The summed E-state index contributed by atoms with van der Waals surface area (Å²) in [5.74, 6) is 1.10. The van der Waals surface area contributed by atoms with Crippen LogP contribution in [0.1, 0.15) is 19.7 Å². The molecule has 0 radical (unpaired) electrons. The highest BCUT2D eigenvalue weighted by Gasteiger charge is 2.16. The number of amides is 1. The predicted octanol–water partition coefficient (Wildman–Crippen LogP) is 3.17. The van der Waals surface area contributed by atoms with Crippen LogP contribution in [-0.2, 0) is 16.0 Å². The van der Waals surface area contributed by atoms with E-state index < -0.39 is 0 Å². The van der Waals surface area contributed by atoms with E-state index in [1.807, 2.05) is 0 Å². The summed E-state index contributed by atoms with van der Waals surface area (Å²) in [4.78, 5) is 16.1. The zero-order valence-corrected chi connectivity index (χ0v) is 13.5. The first kappa shape index (κ1) is 16.5. The fraction of sp³-hybridized carbons (Fsp3) is 0.400. The summed E-state index contributed by atoms with van der Waals surface area (Å²) < 4.78 is 10.1. The number of ether oxygens (including phenoxy) is 1. The molecule has 1 N–H and O–H groups in total. The predicted molar refractivity (Wildman–Crippen MR) is 83.8 cm³/mol. The summed E-state index contributed by atoms with van der Waals surface area (Å²) in [6, 6.07) is 5.05. The molecule has 0 bridgehead atoms. The van der Waals surface area contributed by atoms with Gasteiger partial charge in [0.05, 0.1) is 11.3 Å². The molecule has 2 rings (SSSR count). The summed E-state index contributed by atoms with van der Waals surface area (Å²) >= 11 is 6.03. The molecule has 0 unspecified atom stereocenters. The molecule has 1 amide bonds. The number of nitrogens with one attached hydrogen (secondary N) is 1. The lowest BCUT2D eigenvalue weighted by atomic mass is 10.1. The lowest BCUT2D eigenvalue weighted by Crippen LogP contribution is -2.17. The van der Waals surface area contributed by atoms with Crippen LogP contribution in [0.4, 0.5) is 5.69 Å². The second-order valence-electron chi connectivity index (χ2n) is 5.28. The molecule has 6 nitrogen and oxygen atoms in total. The molecular formula is C15H18ClN3O3. The Bertz CT molecular complexity index is 655. The van der Waals surface area contributed by atoms with Gasteiger partial charge in [-0.1, -0.05) is 30.6 Å². The molecule has 0 spiro atoms. The molecule has 7 heteroatoms. The number of anilines is 1. The van der Waals surface area contributed by atoms with E-state index in [0.717, 1.165) is 6.42 Å². The van der Waals surface area contributed by atoms with Crippen LogP contribution < -0.4 is 5.32 Å². The van der Waals surface area contributed by atoms with Crippen LogP contribution in [0.3, 0.4) is 0 Å². The van der Waals surface area contributed by atoms with Gasteiger partial charge in [0.2, 0.25) is 5.91 Å². The number of rotatable bonds is 6. The van der Waals surface area contributed by atoms with Crippen molar-refractivity contribution < 1.29 is 14.1 Å². The molecule has 1 heterocycles. The Kier molecular flexibility index (Phi) is 5.51. The Morgan fingerprint density at radius 1 is 1.45 bits per heavy atom. The summed E-state index contributed by atoms with van der Waals surface area (Å²) in [5.41, 5.74) is 1.13. The average molecular weight is 324 g/mol. The number of carbonyl (C=O) groups excluding carboxylic acids is 1. The highest BCUT2D eigenvalue weighted by atomic mass is 35.5. The second kappa shape index (κ2) is 7.38. The summed E-state index contributed by atoms with van der Waals surface area (Å²) in [7, 11) is 1.46. The summed E-state index contributed by atoms with van der Waals surface area (Å²) in [6.45, 7) is 4.11. The number of carbonyl (C=O) groups is 1. The molecule has 2 aromatic rings. The van der Waals surface area contributed by atoms with E-state index in [2.05, 4.69) is 29.3 Å². The van der Waals surface area contributed by atoms with Crippen LogP contribution >= 0.6 is 11.6 Å². The molecule has 0 fully saturated rings. The van der Waals surface area contributed by atoms with Gasteiger partial charge >= 0.3 is 0 Å². The van der Waals surface area contributed by atoms with Gasteiger partial charge < -0.3 is 14.6 Å². The molecule has 22 heavy (non-hydrogen) atoms. The standard InChI is InChI=1S/C15H18ClN3O3/c1-9(2)6-13-18-15(22-19-13)11-7-10(16)4-5-12(11)17-14(20)8-21-3/h4-5,7,9H,6,8H2,1-3H3,(H,17,20). The number of halogens is 1. The van der Waals surface area contributed by atoms with Crippen molar-refractivity contribution in [2.75, 3.05) is 19.0 Å². The smallest absolute Gasteiger partial charge is 0.260 e. The number of benzene rings is 1. The second-order valence-corrected chi connectivity index (χ2v) is 5.72. The van der Waals surface area contributed by atoms with E-state index in [4.69, 9.17) is 20.9 Å². The van der Waals surface area contributed by atoms with Gasteiger partial charge in [0.15, 0.2) is 5.82 Å². The van der Waals surface area contributed by atoms with Crippen LogP contribution in [0.5, 0.6) is 0 Å². The monoisotopic (exact) mass is 323 g/mol. The third-order valence-electron chi connectivity index (χ3n) is 2.82. The van der Waals surface area contributed by atoms with Gasteiger partial charge in [0.25, 0.3) is 5.89 Å². The zero-order chi connectivity index (χ0) is 16.1. The number of methoxy groups -OCH3 is 1. The van der Waals surface area contributed by atoms with Crippen LogP contribution in [0, 0.1) is 5.92 Å². The first-order chi connectivity index (χ1) is 10.5. The quantitative estimate of drug-likeness (QED) is 0.883. The van der Waals surface area contributed by atoms with Crippen molar-refractivity contribution in [3.8, 4) is 11.5 Å². The maximum atomic E-state index is 11.7. The minimum absolute atomic E-state index is 0.0372. The number of hydrogen-bond donors (Lipinski definition) is 1. The Balaban J connectivity index is 2.30. The number of hydrogen-bond acceptors (Lipinski definition) is 5. The minimum Gasteiger partial charge on any atom is -0.375 e. The zero-order valence-electron chi connectivity index (χ0n) is 12.7. The number of aromatic nitrogens is 2. The third kappa shape index (κ3) is 4.29. The maximum absolute atomic E-state index is 11.7. The largest absolute Gasteiger partial charge is 0.375 e. The number of nitrogens with zero attached hydrogens (tertiary/aromatic N) is 2. The van der Waals surface area contributed by atoms with E-state index in [9.17, 15) is 4.79 Å². The average Bonchev–Trinajstić information content (AvgIpc) is 2.88. The fourth-order valence-corrected chi connectivity index (χ4v) is 2.10. The lowest BCUT2D eigenvalue weighted by Gasteiger charge is -2.08. The first-order valence-corrected chi connectivity index (χ1v) is 7.28. The van der Waals surface area contributed by atoms with Crippen LogP contribution in [0.2, 0.25) is 5.02 Å². The topological polar surface area (TPSA) is 77.2 Å². The Hall–Kier alpha value is -1.92. The van der Waals surface area contributed by atoms with Crippen molar-refractivity contribution >= 4 is 23.2 Å². The van der Waals surface area contributed by atoms with E-state index in [-0.39, 0.29) is 12.5 Å². The van der Waals surface area contributed by atoms with Gasteiger partial charge in [-0.15, -0.1) is 0 Å². The van der Waals surface area contributed by atoms with E-state index >= 15 is 0 Å². The van der Waals surface area contributed by atoms with Crippen molar-refractivity contribution in [3.05, 3.63) is 29.0 Å². The van der Waals surface area contributed by atoms with Crippen LogP contribution in [0.25, 0.3) is 11.5 Å². The van der Waals surface area contributed by atoms with Crippen LogP contribution in [-0.4, -0.2) is 29.8 Å². The molecule has 0 aliphatic rings. The van der Waals surface area contributed by atoms with Gasteiger partial charge in [-0.3, -0.25) is 4.79 Å². The van der Waals surface area contributed by atoms with E-state index in [1.165, 1.54) is 7.11 Å². The van der Waals surface area contributed by atoms with Crippen molar-refractivity contribution in [2.24, 2.45) is 5.92 Å². The van der Waals surface area contributed by atoms with E-state index in [1.54, 1.807) is 18.2 Å². The molecule has 0 aliphatic carbocycles. The van der Waals surface area contributed by atoms with Crippen molar-refractivity contribution in [1.82, 2.24) is 10.1 Å². The summed E-state index contributed by atoms with van der Waals surface area (Å²) in [5, 5.41) is 7.21. The maximum Gasteiger partial charge on any atom is 0.260 e. The van der Waals surface area contributed by atoms with Crippen molar-refractivity contribution in [3.63, 3.8) is 0 Å². The minimum atomic E-state index is -0.270. The van der Waals surface area contributed by atoms with Crippen molar-refractivity contribution in [2.45, 2.75) is 20.3 Å². The third-order valence-corrected chi connectivity index (χ3v) is 3.06. The molecule has 1 aromatic heterocycles. The Morgan fingerprint density at radius 3 is 2.91 bits per heavy atom. The molecule has 0 saturated carbocycles. The van der Waals surface area contributed by atoms with Crippen molar-refractivity contribution in [1.29, 1.82) is 0 Å². The van der Waals surface area contributed by atoms with Gasteiger partial charge in [0, 0.05) is 18.6 Å². The van der Waals surface area contributed by atoms with Gasteiger partial charge in [-0.25, -0.2) is 0 Å². The van der Waals surface area contributed by atoms with Crippen LogP contribution in [0.15, 0.2) is 22.7 Å². The summed E-state index contributed by atoms with van der Waals surface area (Å²) in [6.07, 6.45) is 0.718.